The lowest BCUT2D eigenvalue weighted by Gasteiger charge is -2.13. The summed E-state index contributed by atoms with van der Waals surface area (Å²) >= 11 is 0. The van der Waals surface area contributed by atoms with Gasteiger partial charge in [0.2, 0.25) is 5.91 Å². The van der Waals surface area contributed by atoms with Crippen molar-refractivity contribution in [1.82, 2.24) is 5.32 Å². The number of nitro groups is 1. The van der Waals surface area contributed by atoms with Crippen molar-refractivity contribution in [1.29, 1.82) is 0 Å². The van der Waals surface area contributed by atoms with Gasteiger partial charge in [0.1, 0.15) is 0 Å². The van der Waals surface area contributed by atoms with Crippen LogP contribution < -0.4 is 24.3 Å². The molecule has 2 aromatic carbocycles. The molecule has 0 saturated heterocycles. The molecule has 0 aliphatic rings. The molecule has 1 amide bonds. The largest absolute Gasteiger partial charge is 0.493 e. The van der Waals surface area contributed by atoms with Crippen LogP contribution in [0, 0.1) is 10.1 Å². The van der Waals surface area contributed by atoms with Crippen LogP contribution in [0.15, 0.2) is 36.4 Å². The predicted octanol–water partition coefficient (Wildman–Crippen LogP) is 3.78. The highest BCUT2D eigenvalue weighted by Gasteiger charge is 2.19. The topological polar surface area (TPSA) is 109 Å². The Morgan fingerprint density at radius 2 is 1.66 bits per heavy atom. The number of carbonyl (C=O) groups excluding carboxylic acids is 1. The van der Waals surface area contributed by atoms with Crippen molar-refractivity contribution in [2.45, 2.75) is 26.4 Å². The Bertz CT molecular complexity index is 987. The summed E-state index contributed by atoms with van der Waals surface area (Å²) in [6.45, 7) is 4.06. The molecular formula is C23H28N2O7. The van der Waals surface area contributed by atoms with Crippen LogP contribution in [0.3, 0.4) is 0 Å². The van der Waals surface area contributed by atoms with Gasteiger partial charge in [0.25, 0.3) is 5.69 Å². The zero-order valence-electron chi connectivity index (χ0n) is 18.8. The average Bonchev–Trinajstić information content (AvgIpc) is 2.77. The molecule has 1 N–H and O–H groups in total. The van der Waals surface area contributed by atoms with Gasteiger partial charge in [-0.1, -0.05) is 6.07 Å². The Labute approximate surface area is 187 Å². The van der Waals surface area contributed by atoms with Gasteiger partial charge in [-0.3, -0.25) is 14.9 Å². The molecule has 9 heteroatoms. The number of ether oxygens (including phenoxy) is 4. The summed E-state index contributed by atoms with van der Waals surface area (Å²) < 4.78 is 21.3. The third-order valence-corrected chi connectivity index (χ3v) is 4.45. The highest BCUT2D eigenvalue weighted by atomic mass is 16.6. The second kappa shape index (κ2) is 11.6. The van der Waals surface area contributed by atoms with Crippen molar-refractivity contribution in [3.05, 3.63) is 57.6 Å². The molecule has 0 saturated carbocycles. The van der Waals surface area contributed by atoms with E-state index in [-0.39, 0.29) is 36.4 Å². The molecule has 0 fully saturated rings. The number of carbonyl (C=O) groups is 1. The summed E-state index contributed by atoms with van der Waals surface area (Å²) in [4.78, 5) is 23.1. The van der Waals surface area contributed by atoms with Crippen LogP contribution in [0.4, 0.5) is 5.69 Å². The van der Waals surface area contributed by atoms with Crippen molar-refractivity contribution in [3.63, 3.8) is 0 Å². The molecule has 9 nitrogen and oxygen atoms in total. The van der Waals surface area contributed by atoms with E-state index >= 15 is 0 Å². The van der Waals surface area contributed by atoms with Crippen LogP contribution >= 0.6 is 0 Å². The second-order valence-corrected chi connectivity index (χ2v) is 7.04. The number of methoxy groups -OCH3 is 3. The van der Waals surface area contributed by atoms with Gasteiger partial charge in [-0.25, -0.2) is 0 Å². The van der Waals surface area contributed by atoms with E-state index < -0.39 is 4.92 Å². The van der Waals surface area contributed by atoms with Crippen molar-refractivity contribution in [2.24, 2.45) is 0 Å². The van der Waals surface area contributed by atoms with Gasteiger partial charge in [-0.05, 0) is 50.1 Å². The standard InChI is InChI=1S/C23H28N2O7/c1-15(2)32-19-8-6-16(12-20(19)29-3)7-9-23(26)24-11-10-17-13-21(30-4)22(31-5)14-18(17)25(27)28/h6-9,12-15H,10-11H2,1-5H3,(H,24,26)/b9-7+. The summed E-state index contributed by atoms with van der Waals surface area (Å²) in [5.41, 5.74) is 1.11. The van der Waals surface area contributed by atoms with Gasteiger partial charge in [-0.2, -0.15) is 0 Å². The van der Waals surface area contributed by atoms with Crippen molar-refractivity contribution < 1.29 is 28.7 Å². The first-order valence-corrected chi connectivity index (χ1v) is 9.99. The van der Waals surface area contributed by atoms with E-state index in [2.05, 4.69) is 5.32 Å². The van der Waals surface area contributed by atoms with E-state index in [0.29, 0.717) is 22.8 Å². The summed E-state index contributed by atoms with van der Waals surface area (Å²) in [5.74, 6) is 1.53. The number of rotatable bonds is 11. The van der Waals surface area contributed by atoms with Gasteiger partial charge in [0, 0.05) is 18.2 Å². The normalized spacial score (nSPS) is 10.8. The molecule has 172 valence electrons. The van der Waals surface area contributed by atoms with Crippen LogP contribution in [0.5, 0.6) is 23.0 Å². The van der Waals surface area contributed by atoms with Gasteiger partial charge < -0.3 is 24.3 Å². The van der Waals surface area contributed by atoms with E-state index in [1.54, 1.807) is 31.4 Å². The molecule has 2 rings (SSSR count). The Morgan fingerprint density at radius 1 is 1.03 bits per heavy atom. The van der Waals surface area contributed by atoms with Crippen LogP contribution in [0.25, 0.3) is 6.08 Å². The zero-order valence-corrected chi connectivity index (χ0v) is 18.8. The number of nitrogens with zero attached hydrogens (tertiary/aromatic N) is 1. The van der Waals surface area contributed by atoms with Gasteiger partial charge in [0.05, 0.1) is 38.4 Å². The maximum Gasteiger partial charge on any atom is 0.276 e. The number of nitro benzene ring substituents is 1. The molecule has 0 atom stereocenters. The number of hydrogen-bond acceptors (Lipinski definition) is 7. The molecule has 0 aliphatic heterocycles. The third-order valence-electron chi connectivity index (χ3n) is 4.45. The fourth-order valence-corrected chi connectivity index (χ4v) is 2.97. The molecule has 0 radical (unpaired) electrons. The number of amides is 1. The predicted molar refractivity (Wildman–Crippen MR) is 121 cm³/mol. The maximum absolute atomic E-state index is 12.2. The number of hydrogen-bond donors (Lipinski definition) is 1. The van der Waals surface area contributed by atoms with Crippen LogP contribution in [-0.4, -0.2) is 44.8 Å². The van der Waals surface area contributed by atoms with Crippen LogP contribution in [0.1, 0.15) is 25.0 Å². The quantitative estimate of drug-likeness (QED) is 0.319. The minimum atomic E-state index is -0.487. The summed E-state index contributed by atoms with van der Waals surface area (Å²) in [6, 6.07) is 8.24. The monoisotopic (exact) mass is 444 g/mol. The molecule has 0 bridgehead atoms. The zero-order chi connectivity index (χ0) is 23.7. The second-order valence-electron chi connectivity index (χ2n) is 7.04. The molecular weight excluding hydrogens is 416 g/mol. The van der Waals surface area contributed by atoms with E-state index in [1.165, 1.54) is 26.4 Å². The van der Waals surface area contributed by atoms with E-state index in [0.717, 1.165) is 5.56 Å². The summed E-state index contributed by atoms with van der Waals surface area (Å²) in [6.07, 6.45) is 3.31. The van der Waals surface area contributed by atoms with Crippen molar-refractivity contribution in [3.8, 4) is 23.0 Å². The first-order valence-electron chi connectivity index (χ1n) is 9.99. The lowest BCUT2D eigenvalue weighted by atomic mass is 10.1. The van der Waals surface area contributed by atoms with Gasteiger partial charge in [-0.15, -0.1) is 0 Å². The molecule has 0 aliphatic carbocycles. The minimum Gasteiger partial charge on any atom is -0.493 e. The molecule has 0 aromatic heterocycles. The van der Waals surface area contributed by atoms with Gasteiger partial charge in [0.15, 0.2) is 23.0 Å². The van der Waals surface area contributed by atoms with Crippen LogP contribution in [-0.2, 0) is 11.2 Å². The maximum atomic E-state index is 12.2. The fourth-order valence-electron chi connectivity index (χ4n) is 2.97. The lowest BCUT2D eigenvalue weighted by molar-refractivity contribution is -0.385. The first-order chi connectivity index (χ1) is 15.3. The smallest absolute Gasteiger partial charge is 0.276 e. The van der Waals surface area contributed by atoms with E-state index in [1.807, 2.05) is 19.9 Å². The Hall–Kier alpha value is -3.75. The Balaban J connectivity index is 2.02. The average molecular weight is 444 g/mol. The van der Waals surface area contributed by atoms with E-state index in [4.69, 9.17) is 18.9 Å². The van der Waals surface area contributed by atoms with E-state index in [9.17, 15) is 14.9 Å². The summed E-state index contributed by atoms with van der Waals surface area (Å²) in [5, 5.41) is 14.1. The first kappa shape index (κ1) is 24.5. The van der Waals surface area contributed by atoms with Crippen molar-refractivity contribution in [2.75, 3.05) is 27.9 Å². The highest BCUT2D eigenvalue weighted by Crippen LogP contribution is 2.34. The third kappa shape index (κ3) is 6.63. The summed E-state index contributed by atoms with van der Waals surface area (Å²) in [7, 11) is 4.42. The molecule has 2 aromatic rings. The number of benzene rings is 2. The SMILES string of the molecule is COc1cc(CCNC(=O)/C=C/c2ccc(OC(C)C)c(OC)c2)c([N+](=O)[O-])cc1OC. The lowest BCUT2D eigenvalue weighted by Crippen LogP contribution is -2.23. The Morgan fingerprint density at radius 3 is 2.25 bits per heavy atom. The van der Waals surface area contributed by atoms with Crippen molar-refractivity contribution >= 4 is 17.7 Å². The number of nitrogens with one attached hydrogen (secondary N) is 1. The minimum absolute atomic E-state index is 0.0116. The Kier molecular flexibility index (Phi) is 8.88. The van der Waals surface area contributed by atoms with Crippen LogP contribution in [0.2, 0.25) is 0 Å². The molecule has 32 heavy (non-hydrogen) atoms. The molecule has 0 unspecified atom stereocenters. The molecule has 0 heterocycles. The van der Waals surface area contributed by atoms with Gasteiger partial charge >= 0.3 is 0 Å². The fraction of sp³-hybridized carbons (Fsp3) is 0.348. The molecule has 0 spiro atoms. The highest BCUT2D eigenvalue weighted by molar-refractivity contribution is 5.91.